The fraction of sp³-hybridized carbons (Fsp3) is 0.930. The summed E-state index contributed by atoms with van der Waals surface area (Å²) in [5.74, 6) is -0.473. The van der Waals surface area contributed by atoms with E-state index in [1.807, 2.05) is 0 Å². The number of ether oxygens (including phenoxy) is 1. The Morgan fingerprint density at radius 2 is 0.794 bits per heavy atom. The third-order valence-corrected chi connectivity index (χ3v) is 13.3. The van der Waals surface area contributed by atoms with Crippen LogP contribution >= 0.6 is 0 Å². The smallest absolute Gasteiger partial charge is 0.306 e. The quantitative estimate of drug-likeness (QED) is 0.0321. The molecule has 0 aromatic rings. The van der Waals surface area contributed by atoms with Gasteiger partial charge in [-0.05, 0) is 44.9 Å². The number of carbonyl (C=O) groups is 2. The van der Waals surface area contributed by atoms with E-state index in [1.165, 1.54) is 205 Å². The molecule has 0 bridgehead atoms. The molecule has 0 radical (unpaired) electrons. The third-order valence-electron chi connectivity index (χ3n) is 13.3. The normalized spacial score (nSPS) is 13.2. The highest BCUT2D eigenvalue weighted by Crippen LogP contribution is 2.19. The first kappa shape index (κ1) is 61.6. The maximum Gasteiger partial charge on any atom is 0.306 e. The number of aliphatic hydroxyl groups excluding tert-OH is 2. The van der Waals surface area contributed by atoms with Gasteiger partial charge >= 0.3 is 5.97 Å². The van der Waals surface area contributed by atoms with Crippen LogP contribution in [0.1, 0.15) is 316 Å². The molecule has 0 rings (SSSR count). The van der Waals surface area contributed by atoms with Crippen LogP contribution in [-0.4, -0.2) is 46.9 Å². The monoisotopic (exact) mass is 890 g/mol. The fourth-order valence-electron chi connectivity index (χ4n) is 9.02. The zero-order valence-corrected chi connectivity index (χ0v) is 42.7. The highest BCUT2D eigenvalue weighted by Gasteiger charge is 2.24. The van der Waals surface area contributed by atoms with E-state index in [0.717, 1.165) is 64.2 Å². The lowest BCUT2D eigenvalue weighted by Gasteiger charge is -2.24. The van der Waals surface area contributed by atoms with Gasteiger partial charge in [0, 0.05) is 6.42 Å². The molecule has 0 aliphatic heterocycles. The van der Waals surface area contributed by atoms with Crippen molar-refractivity contribution in [3.63, 3.8) is 0 Å². The van der Waals surface area contributed by atoms with E-state index in [-0.39, 0.29) is 24.9 Å². The Balaban J connectivity index is 4.28. The second kappa shape index (κ2) is 51.6. The number of hydrogen-bond donors (Lipinski definition) is 3. The molecule has 3 atom stereocenters. The summed E-state index contributed by atoms with van der Waals surface area (Å²) in [5, 5.41) is 23.8. The van der Waals surface area contributed by atoms with Gasteiger partial charge in [0.1, 0.15) is 6.10 Å². The SMILES string of the molecule is CCC/C=C\CCCCCC(CC(=O)NC(CO)C(O)CCCCCCCCCCCCCCCCCCC)OC(=O)CCCCCCCCCCCCCCCCCCCCC. The molecule has 3 N–H and O–H groups in total. The second-order valence-electron chi connectivity index (χ2n) is 19.7. The molecule has 6 heteroatoms. The first-order valence-corrected chi connectivity index (χ1v) is 28.4. The third kappa shape index (κ3) is 46.9. The summed E-state index contributed by atoms with van der Waals surface area (Å²) < 4.78 is 5.92. The average Bonchev–Trinajstić information content (AvgIpc) is 3.28. The first-order valence-electron chi connectivity index (χ1n) is 28.4. The number of amides is 1. The van der Waals surface area contributed by atoms with Gasteiger partial charge in [0.2, 0.25) is 5.91 Å². The van der Waals surface area contributed by atoms with Gasteiger partial charge in [0.15, 0.2) is 0 Å². The van der Waals surface area contributed by atoms with Crippen LogP contribution in [0.15, 0.2) is 12.2 Å². The van der Waals surface area contributed by atoms with Crippen molar-refractivity contribution in [1.82, 2.24) is 5.32 Å². The summed E-state index contributed by atoms with van der Waals surface area (Å²) in [6.45, 7) is 6.45. The summed E-state index contributed by atoms with van der Waals surface area (Å²) in [5.41, 5.74) is 0. The highest BCUT2D eigenvalue weighted by atomic mass is 16.5. The van der Waals surface area contributed by atoms with Crippen molar-refractivity contribution in [1.29, 1.82) is 0 Å². The lowest BCUT2D eigenvalue weighted by molar-refractivity contribution is -0.151. The molecule has 374 valence electrons. The summed E-state index contributed by atoms with van der Waals surface area (Å²) in [6.07, 6.45) is 58.7. The van der Waals surface area contributed by atoms with Crippen LogP contribution in [0.2, 0.25) is 0 Å². The van der Waals surface area contributed by atoms with Crippen molar-refractivity contribution < 1.29 is 24.5 Å². The Morgan fingerprint density at radius 3 is 1.19 bits per heavy atom. The van der Waals surface area contributed by atoms with Gasteiger partial charge in [0.25, 0.3) is 0 Å². The van der Waals surface area contributed by atoms with Crippen molar-refractivity contribution >= 4 is 11.9 Å². The maximum absolute atomic E-state index is 13.2. The predicted octanol–water partition coefficient (Wildman–Crippen LogP) is 17.3. The summed E-state index contributed by atoms with van der Waals surface area (Å²) in [6, 6.07) is -0.700. The Kier molecular flexibility index (Phi) is 50.4. The van der Waals surface area contributed by atoms with Crippen molar-refractivity contribution in [2.75, 3.05) is 6.61 Å². The molecule has 3 unspecified atom stereocenters. The lowest BCUT2D eigenvalue weighted by Crippen LogP contribution is -2.46. The van der Waals surface area contributed by atoms with Crippen molar-refractivity contribution in [2.45, 2.75) is 334 Å². The van der Waals surface area contributed by atoms with Gasteiger partial charge in [-0.15, -0.1) is 0 Å². The van der Waals surface area contributed by atoms with E-state index >= 15 is 0 Å². The fourth-order valence-corrected chi connectivity index (χ4v) is 9.02. The molecule has 0 aliphatic carbocycles. The Hall–Kier alpha value is -1.40. The van der Waals surface area contributed by atoms with E-state index in [9.17, 15) is 19.8 Å². The number of aliphatic hydroxyl groups is 2. The predicted molar refractivity (Wildman–Crippen MR) is 273 cm³/mol. The van der Waals surface area contributed by atoms with Crippen LogP contribution in [-0.2, 0) is 14.3 Å². The molecule has 0 saturated heterocycles. The number of hydrogen-bond acceptors (Lipinski definition) is 5. The van der Waals surface area contributed by atoms with Crippen molar-refractivity contribution in [2.24, 2.45) is 0 Å². The largest absolute Gasteiger partial charge is 0.462 e. The molecular formula is C57H111NO5. The van der Waals surface area contributed by atoms with Crippen LogP contribution in [0.4, 0.5) is 0 Å². The van der Waals surface area contributed by atoms with Crippen LogP contribution in [0.5, 0.6) is 0 Å². The summed E-state index contributed by atoms with van der Waals surface area (Å²) in [4.78, 5) is 26.1. The molecule has 0 aromatic carbocycles. The highest BCUT2D eigenvalue weighted by molar-refractivity contribution is 5.77. The zero-order valence-electron chi connectivity index (χ0n) is 42.7. The molecular weight excluding hydrogens is 779 g/mol. The van der Waals surface area contributed by atoms with Crippen LogP contribution in [0.3, 0.4) is 0 Å². The number of carbonyl (C=O) groups excluding carboxylic acids is 2. The zero-order chi connectivity index (χ0) is 45.9. The standard InChI is InChI=1S/C57H111NO5/c1-4-7-10-13-16-19-21-23-25-27-28-30-32-34-36-38-41-44-47-50-57(62)63-53(48-45-42-39-18-15-12-9-6-3)51-56(61)58-54(52-59)55(60)49-46-43-40-37-35-33-31-29-26-24-22-20-17-14-11-8-5-2/h12,15,53-55,59-60H,4-11,13-14,16-52H2,1-3H3,(H,58,61)/b15-12-. The van der Waals surface area contributed by atoms with E-state index in [4.69, 9.17) is 4.74 Å². The number of nitrogens with one attached hydrogen (secondary N) is 1. The van der Waals surface area contributed by atoms with Gasteiger partial charge in [-0.2, -0.15) is 0 Å². The number of esters is 1. The van der Waals surface area contributed by atoms with Gasteiger partial charge in [0.05, 0.1) is 25.2 Å². The summed E-state index contributed by atoms with van der Waals surface area (Å²) >= 11 is 0. The Morgan fingerprint density at radius 1 is 0.444 bits per heavy atom. The number of allylic oxidation sites excluding steroid dienone is 2. The van der Waals surface area contributed by atoms with Crippen LogP contribution in [0.25, 0.3) is 0 Å². The minimum Gasteiger partial charge on any atom is -0.462 e. The van der Waals surface area contributed by atoms with Crippen molar-refractivity contribution in [3.8, 4) is 0 Å². The maximum atomic E-state index is 13.2. The van der Waals surface area contributed by atoms with Gasteiger partial charge in [-0.25, -0.2) is 0 Å². The Bertz CT molecular complexity index is 955. The van der Waals surface area contributed by atoms with Crippen LogP contribution in [0, 0.1) is 0 Å². The molecule has 0 aliphatic rings. The second-order valence-corrected chi connectivity index (χ2v) is 19.7. The molecule has 63 heavy (non-hydrogen) atoms. The first-order chi connectivity index (χ1) is 31.0. The van der Waals surface area contributed by atoms with E-state index in [1.54, 1.807) is 0 Å². The van der Waals surface area contributed by atoms with E-state index in [2.05, 4.69) is 38.2 Å². The van der Waals surface area contributed by atoms with E-state index < -0.39 is 18.2 Å². The molecule has 0 spiro atoms. The summed E-state index contributed by atoms with van der Waals surface area (Å²) in [7, 11) is 0. The topological polar surface area (TPSA) is 95.9 Å². The molecule has 0 saturated carbocycles. The molecule has 0 heterocycles. The van der Waals surface area contributed by atoms with E-state index in [0.29, 0.717) is 19.3 Å². The van der Waals surface area contributed by atoms with Gasteiger partial charge in [-0.1, -0.05) is 270 Å². The molecule has 0 fully saturated rings. The lowest BCUT2D eigenvalue weighted by atomic mass is 10.0. The minimum atomic E-state index is -0.786. The van der Waals surface area contributed by atoms with Crippen LogP contribution < -0.4 is 5.32 Å². The van der Waals surface area contributed by atoms with Gasteiger partial charge in [-0.3, -0.25) is 9.59 Å². The number of rotatable bonds is 52. The molecule has 0 aromatic heterocycles. The number of unbranched alkanes of at least 4 members (excludes halogenated alkanes) is 38. The Labute approximate surface area is 393 Å². The molecule has 1 amide bonds. The van der Waals surface area contributed by atoms with Gasteiger partial charge < -0.3 is 20.3 Å². The molecule has 6 nitrogen and oxygen atoms in total. The van der Waals surface area contributed by atoms with Crippen molar-refractivity contribution in [3.05, 3.63) is 12.2 Å². The average molecular weight is 891 g/mol. The minimum absolute atomic E-state index is 0.0731.